The van der Waals surface area contributed by atoms with Crippen LogP contribution in [0.15, 0.2) is 54.6 Å². The van der Waals surface area contributed by atoms with Gasteiger partial charge in [0, 0.05) is 31.6 Å². The summed E-state index contributed by atoms with van der Waals surface area (Å²) in [5.41, 5.74) is 0.829. The molecule has 1 saturated heterocycles. The van der Waals surface area contributed by atoms with Gasteiger partial charge < -0.3 is 9.80 Å². The quantitative estimate of drug-likeness (QED) is 0.636. The Hall–Kier alpha value is -3.09. The highest BCUT2D eigenvalue weighted by Crippen LogP contribution is 2.32. The first-order valence-electron chi connectivity index (χ1n) is 9.41. The number of pyridine rings is 1. The van der Waals surface area contributed by atoms with E-state index < -0.39 is 17.6 Å². The van der Waals surface area contributed by atoms with Crippen molar-refractivity contribution in [1.29, 1.82) is 0 Å². The van der Waals surface area contributed by atoms with Crippen molar-refractivity contribution in [3.63, 3.8) is 0 Å². The van der Waals surface area contributed by atoms with Crippen LogP contribution in [0, 0.1) is 6.92 Å². The first kappa shape index (κ1) is 19.2. The van der Waals surface area contributed by atoms with Crippen LogP contribution in [-0.4, -0.2) is 42.0 Å². The van der Waals surface area contributed by atoms with Crippen LogP contribution in [0.25, 0.3) is 10.9 Å². The average Bonchev–Trinajstić information content (AvgIpc) is 2.73. The molecule has 0 atom stereocenters. The number of para-hydroxylation sites is 1. The third kappa shape index (κ3) is 3.77. The van der Waals surface area contributed by atoms with E-state index in [0.717, 1.165) is 28.4 Å². The van der Waals surface area contributed by atoms with Crippen molar-refractivity contribution in [2.24, 2.45) is 0 Å². The first-order valence-corrected chi connectivity index (χ1v) is 9.41. The minimum atomic E-state index is -4.55. The fourth-order valence-corrected chi connectivity index (χ4v) is 3.72. The van der Waals surface area contributed by atoms with E-state index in [1.807, 2.05) is 37.3 Å². The molecule has 0 aliphatic carbocycles. The Labute approximate surface area is 166 Å². The largest absolute Gasteiger partial charge is 0.417 e. The van der Waals surface area contributed by atoms with Crippen LogP contribution in [-0.2, 0) is 6.18 Å². The van der Waals surface area contributed by atoms with Gasteiger partial charge >= 0.3 is 6.18 Å². The first-order chi connectivity index (χ1) is 13.8. The number of hydrogen-bond donors (Lipinski definition) is 0. The Morgan fingerprint density at radius 1 is 0.966 bits per heavy atom. The maximum absolute atomic E-state index is 13.2. The molecule has 1 aliphatic heterocycles. The van der Waals surface area contributed by atoms with Gasteiger partial charge in [0.1, 0.15) is 5.82 Å². The maximum Gasteiger partial charge on any atom is 0.417 e. The number of alkyl halides is 3. The second kappa shape index (κ2) is 7.39. The minimum Gasteiger partial charge on any atom is -0.353 e. The minimum absolute atomic E-state index is 0.298. The van der Waals surface area contributed by atoms with Crippen molar-refractivity contribution < 1.29 is 18.0 Å². The number of fused-ring (bicyclic) bond motifs is 1. The summed E-state index contributed by atoms with van der Waals surface area (Å²) in [6.07, 6.45) is -4.55. The van der Waals surface area contributed by atoms with Gasteiger partial charge in [0.05, 0.1) is 16.6 Å². The Morgan fingerprint density at radius 3 is 2.34 bits per heavy atom. The van der Waals surface area contributed by atoms with Gasteiger partial charge in [0.15, 0.2) is 0 Å². The zero-order valence-electron chi connectivity index (χ0n) is 15.9. The van der Waals surface area contributed by atoms with Gasteiger partial charge in [0.25, 0.3) is 5.91 Å². The van der Waals surface area contributed by atoms with E-state index in [9.17, 15) is 18.0 Å². The molecule has 3 aromatic rings. The van der Waals surface area contributed by atoms with Gasteiger partial charge in [-0.15, -0.1) is 0 Å². The molecule has 1 aromatic heterocycles. The van der Waals surface area contributed by atoms with E-state index in [2.05, 4.69) is 4.90 Å². The molecule has 0 radical (unpaired) electrons. The van der Waals surface area contributed by atoms with Gasteiger partial charge in [-0.1, -0.05) is 30.3 Å². The highest BCUT2D eigenvalue weighted by Gasteiger charge is 2.36. The summed E-state index contributed by atoms with van der Waals surface area (Å²) >= 11 is 0. The summed E-state index contributed by atoms with van der Waals surface area (Å²) in [7, 11) is 0. The standard InChI is InChI=1S/C22H20F3N3O/c1-15-14-20(26-19-9-5-3-6-16(15)19)27-10-12-28(13-11-27)21(29)17-7-2-4-8-18(17)22(23,24)25/h2-9,14H,10-13H2,1H3. The van der Waals surface area contributed by atoms with E-state index >= 15 is 0 Å². The number of benzene rings is 2. The van der Waals surface area contributed by atoms with Gasteiger partial charge in [-0.2, -0.15) is 13.2 Å². The number of anilines is 1. The lowest BCUT2D eigenvalue weighted by Gasteiger charge is -2.36. The van der Waals surface area contributed by atoms with Crippen LogP contribution < -0.4 is 4.90 Å². The molecule has 29 heavy (non-hydrogen) atoms. The van der Waals surface area contributed by atoms with Crippen molar-refractivity contribution in [2.45, 2.75) is 13.1 Å². The fourth-order valence-electron chi connectivity index (χ4n) is 3.72. The number of hydrogen-bond acceptors (Lipinski definition) is 3. The van der Waals surface area contributed by atoms with Gasteiger partial charge in [-0.05, 0) is 36.8 Å². The summed E-state index contributed by atoms with van der Waals surface area (Å²) in [5, 5.41) is 1.09. The van der Waals surface area contributed by atoms with Crippen LogP contribution in [0.3, 0.4) is 0 Å². The highest BCUT2D eigenvalue weighted by molar-refractivity contribution is 5.96. The molecule has 4 rings (SSSR count). The molecule has 1 amide bonds. The summed E-state index contributed by atoms with van der Waals surface area (Å²) in [6.45, 7) is 3.76. The van der Waals surface area contributed by atoms with E-state index in [0.29, 0.717) is 26.2 Å². The lowest BCUT2D eigenvalue weighted by Crippen LogP contribution is -2.49. The lowest BCUT2D eigenvalue weighted by molar-refractivity contribution is -0.138. The topological polar surface area (TPSA) is 36.4 Å². The Kier molecular flexibility index (Phi) is 4.90. The molecule has 0 N–H and O–H groups in total. The number of rotatable bonds is 2. The van der Waals surface area contributed by atoms with Gasteiger partial charge in [-0.3, -0.25) is 4.79 Å². The second-order valence-corrected chi connectivity index (χ2v) is 7.14. The van der Waals surface area contributed by atoms with Crippen LogP contribution in [0.5, 0.6) is 0 Å². The molecule has 7 heteroatoms. The zero-order chi connectivity index (χ0) is 20.6. The molecule has 0 unspecified atom stereocenters. The van der Waals surface area contributed by atoms with E-state index in [1.54, 1.807) is 0 Å². The van der Waals surface area contributed by atoms with Crippen LogP contribution >= 0.6 is 0 Å². The maximum atomic E-state index is 13.2. The van der Waals surface area contributed by atoms with Crippen molar-refractivity contribution >= 4 is 22.6 Å². The number of aromatic nitrogens is 1. The molecule has 0 spiro atoms. The van der Waals surface area contributed by atoms with Crippen molar-refractivity contribution in [2.75, 3.05) is 31.1 Å². The number of aryl methyl sites for hydroxylation is 1. The Balaban J connectivity index is 1.51. The van der Waals surface area contributed by atoms with Crippen molar-refractivity contribution in [1.82, 2.24) is 9.88 Å². The summed E-state index contributed by atoms with van der Waals surface area (Å²) in [4.78, 5) is 21.0. The molecular formula is C22H20F3N3O. The smallest absolute Gasteiger partial charge is 0.353 e. The van der Waals surface area contributed by atoms with E-state index in [1.165, 1.54) is 23.1 Å². The second-order valence-electron chi connectivity index (χ2n) is 7.14. The van der Waals surface area contributed by atoms with Crippen molar-refractivity contribution in [3.05, 3.63) is 71.3 Å². The number of halogens is 3. The number of carbonyl (C=O) groups excluding carboxylic acids is 1. The molecule has 1 aliphatic rings. The molecule has 0 bridgehead atoms. The third-order valence-electron chi connectivity index (χ3n) is 5.26. The number of amides is 1. The molecular weight excluding hydrogens is 379 g/mol. The van der Waals surface area contributed by atoms with Crippen LogP contribution in [0.2, 0.25) is 0 Å². The SMILES string of the molecule is Cc1cc(N2CCN(C(=O)c3ccccc3C(F)(F)F)CC2)nc2ccccc12. The number of piperazine rings is 1. The highest BCUT2D eigenvalue weighted by atomic mass is 19.4. The molecule has 4 nitrogen and oxygen atoms in total. The van der Waals surface area contributed by atoms with Gasteiger partial charge in [-0.25, -0.2) is 4.98 Å². The number of nitrogens with zero attached hydrogens (tertiary/aromatic N) is 3. The molecule has 2 aromatic carbocycles. The average molecular weight is 399 g/mol. The Morgan fingerprint density at radius 2 is 1.62 bits per heavy atom. The molecule has 0 saturated carbocycles. The monoisotopic (exact) mass is 399 g/mol. The lowest BCUT2D eigenvalue weighted by atomic mass is 10.1. The summed E-state index contributed by atoms with van der Waals surface area (Å²) in [6, 6.07) is 14.9. The fraction of sp³-hybridized carbons (Fsp3) is 0.273. The predicted octanol–water partition coefficient (Wildman–Crippen LogP) is 4.52. The zero-order valence-corrected chi connectivity index (χ0v) is 15.9. The normalized spacial score (nSPS) is 15.0. The van der Waals surface area contributed by atoms with Crippen molar-refractivity contribution in [3.8, 4) is 0 Å². The summed E-state index contributed by atoms with van der Waals surface area (Å²) in [5.74, 6) is 0.240. The molecule has 1 fully saturated rings. The van der Waals surface area contributed by atoms with Crippen LogP contribution in [0.1, 0.15) is 21.5 Å². The molecule has 150 valence electrons. The molecule has 2 heterocycles. The number of carbonyl (C=O) groups is 1. The van der Waals surface area contributed by atoms with E-state index in [4.69, 9.17) is 4.98 Å². The van der Waals surface area contributed by atoms with Gasteiger partial charge in [0.2, 0.25) is 0 Å². The van der Waals surface area contributed by atoms with Crippen LogP contribution in [0.4, 0.5) is 19.0 Å². The predicted molar refractivity (Wildman–Crippen MR) is 106 cm³/mol. The summed E-state index contributed by atoms with van der Waals surface area (Å²) < 4.78 is 39.7. The Bertz CT molecular complexity index is 1060. The van der Waals surface area contributed by atoms with E-state index in [-0.39, 0.29) is 5.56 Å². The third-order valence-corrected chi connectivity index (χ3v) is 5.26.